The van der Waals surface area contributed by atoms with Crippen LogP contribution < -0.4 is 9.21 Å². The molecule has 0 saturated carbocycles. The van der Waals surface area contributed by atoms with Crippen LogP contribution in [-0.2, 0) is 21.2 Å². The summed E-state index contributed by atoms with van der Waals surface area (Å²) in [5.74, 6) is -0.642. The second kappa shape index (κ2) is 7.24. The minimum atomic E-state index is -3.97. The Morgan fingerprint density at radius 1 is 1.30 bits per heavy atom. The predicted octanol–water partition coefficient (Wildman–Crippen LogP) is 4.10. The number of hydrogen-bond acceptors (Lipinski definition) is 3. The molecule has 1 heterocycles. The van der Waals surface area contributed by atoms with E-state index in [4.69, 9.17) is 0 Å². The standard InChI is InChI=1S/C19H20BrFN2O3S/c1-4-22(17-7-5-16(21)6-8-17)27(25,26)18-11-15(20)10-14-9-12(2)23(13(3)24)19(14)18/h5-8,10-12H,4,9H2,1-3H3/t12-/m0/s1. The first kappa shape index (κ1) is 19.8. The molecule has 0 bridgehead atoms. The zero-order valence-corrected chi connectivity index (χ0v) is 17.6. The van der Waals surface area contributed by atoms with Crippen molar-refractivity contribution in [2.24, 2.45) is 0 Å². The van der Waals surface area contributed by atoms with Crippen molar-refractivity contribution in [3.05, 3.63) is 52.3 Å². The third kappa shape index (κ3) is 3.48. The molecule has 0 unspecified atom stereocenters. The normalized spacial score (nSPS) is 16.3. The van der Waals surface area contributed by atoms with Crippen molar-refractivity contribution in [2.45, 2.75) is 38.1 Å². The average Bonchev–Trinajstić information content (AvgIpc) is 2.91. The van der Waals surface area contributed by atoms with Crippen LogP contribution in [0.1, 0.15) is 26.3 Å². The second-order valence-corrected chi connectivity index (χ2v) is 9.25. The maximum atomic E-state index is 13.5. The fourth-order valence-corrected chi connectivity index (χ4v) is 5.95. The van der Waals surface area contributed by atoms with Gasteiger partial charge in [-0.1, -0.05) is 15.9 Å². The van der Waals surface area contributed by atoms with Crippen LogP contribution in [0.4, 0.5) is 15.8 Å². The predicted molar refractivity (Wildman–Crippen MR) is 107 cm³/mol. The summed E-state index contributed by atoms with van der Waals surface area (Å²) < 4.78 is 42.1. The van der Waals surface area contributed by atoms with Gasteiger partial charge in [0.1, 0.15) is 10.7 Å². The van der Waals surface area contributed by atoms with E-state index in [1.807, 2.05) is 13.0 Å². The fourth-order valence-electron chi connectivity index (χ4n) is 3.57. The van der Waals surface area contributed by atoms with Crippen molar-refractivity contribution < 1.29 is 17.6 Å². The molecule has 1 amide bonds. The Bertz CT molecular complexity index is 993. The number of nitrogens with zero attached hydrogens (tertiary/aromatic N) is 2. The van der Waals surface area contributed by atoms with Gasteiger partial charge < -0.3 is 4.90 Å². The van der Waals surface area contributed by atoms with E-state index in [-0.39, 0.29) is 23.4 Å². The zero-order valence-electron chi connectivity index (χ0n) is 15.2. The Morgan fingerprint density at radius 3 is 2.48 bits per heavy atom. The van der Waals surface area contributed by atoms with Gasteiger partial charge in [-0.05, 0) is 62.2 Å². The van der Waals surface area contributed by atoms with Crippen LogP contribution in [-0.4, -0.2) is 26.9 Å². The molecule has 0 spiro atoms. The summed E-state index contributed by atoms with van der Waals surface area (Å²) in [4.78, 5) is 13.8. The molecule has 144 valence electrons. The van der Waals surface area contributed by atoms with Crippen LogP contribution in [0, 0.1) is 5.82 Å². The molecule has 27 heavy (non-hydrogen) atoms. The van der Waals surface area contributed by atoms with Crippen LogP contribution >= 0.6 is 15.9 Å². The third-order valence-corrected chi connectivity index (χ3v) is 7.00. The number of sulfonamides is 1. The van der Waals surface area contributed by atoms with E-state index in [9.17, 15) is 17.6 Å². The number of benzene rings is 2. The molecule has 3 rings (SSSR count). The highest BCUT2D eigenvalue weighted by molar-refractivity contribution is 9.10. The van der Waals surface area contributed by atoms with Crippen molar-refractivity contribution in [3.8, 4) is 0 Å². The number of carbonyl (C=O) groups is 1. The van der Waals surface area contributed by atoms with E-state index < -0.39 is 15.8 Å². The number of carbonyl (C=O) groups excluding carboxylic acids is 1. The molecule has 0 N–H and O–H groups in total. The molecule has 5 nitrogen and oxygen atoms in total. The quantitative estimate of drug-likeness (QED) is 0.698. The van der Waals surface area contributed by atoms with Crippen molar-refractivity contribution in [1.29, 1.82) is 0 Å². The van der Waals surface area contributed by atoms with Gasteiger partial charge in [-0.25, -0.2) is 12.8 Å². The molecule has 2 aromatic rings. The lowest BCUT2D eigenvalue weighted by molar-refractivity contribution is -0.116. The summed E-state index contributed by atoms with van der Waals surface area (Å²) in [5.41, 5.74) is 1.60. The molecular weight excluding hydrogens is 435 g/mol. The minimum Gasteiger partial charge on any atom is -0.308 e. The third-order valence-electron chi connectivity index (χ3n) is 4.62. The monoisotopic (exact) mass is 454 g/mol. The first-order valence-electron chi connectivity index (χ1n) is 8.57. The van der Waals surface area contributed by atoms with Gasteiger partial charge in [0.15, 0.2) is 0 Å². The van der Waals surface area contributed by atoms with E-state index in [1.165, 1.54) is 46.5 Å². The van der Waals surface area contributed by atoms with Crippen LogP contribution in [0.2, 0.25) is 0 Å². The Kier molecular flexibility index (Phi) is 5.31. The topological polar surface area (TPSA) is 57.7 Å². The highest BCUT2D eigenvalue weighted by atomic mass is 79.9. The summed E-state index contributed by atoms with van der Waals surface area (Å²) in [6, 6.07) is 8.56. The van der Waals surface area contributed by atoms with Crippen molar-refractivity contribution >= 4 is 43.2 Å². The highest BCUT2D eigenvalue weighted by Crippen LogP contribution is 2.41. The van der Waals surface area contributed by atoms with E-state index in [2.05, 4.69) is 15.9 Å². The highest BCUT2D eigenvalue weighted by Gasteiger charge is 2.37. The fraction of sp³-hybridized carbons (Fsp3) is 0.316. The molecule has 0 aromatic heterocycles. The van der Waals surface area contributed by atoms with Gasteiger partial charge >= 0.3 is 0 Å². The number of rotatable bonds is 4. The minimum absolute atomic E-state index is 0.0672. The van der Waals surface area contributed by atoms with E-state index in [0.717, 1.165) is 5.56 Å². The second-order valence-electron chi connectivity index (χ2n) is 6.50. The van der Waals surface area contributed by atoms with Gasteiger partial charge in [0.25, 0.3) is 10.0 Å². The number of anilines is 2. The zero-order chi connectivity index (χ0) is 19.9. The van der Waals surface area contributed by atoms with Gasteiger partial charge in [0, 0.05) is 24.0 Å². The molecule has 2 aromatic carbocycles. The van der Waals surface area contributed by atoms with Crippen molar-refractivity contribution in [3.63, 3.8) is 0 Å². The summed E-state index contributed by atoms with van der Waals surface area (Å²) in [6.07, 6.45) is 0.583. The van der Waals surface area contributed by atoms with Gasteiger partial charge in [0.05, 0.1) is 11.4 Å². The molecule has 1 aliphatic rings. The van der Waals surface area contributed by atoms with Gasteiger partial charge in [-0.3, -0.25) is 9.10 Å². The molecular formula is C19H20BrFN2O3S. The van der Waals surface area contributed by atoms with E-state index >= 15 is 0 Å². The van der Waals surface area contributed by atoms with Crippen LogP contribution in [0.15, 0.2) is 45.8 Å². The summed E-state index contributed by atoms with van der Waals surface area (Å²) in [7, 11) is -3.97. The lowest BCUT2D eigenvalue weighted by Gasteiger charge is -2.27. The van der Waals surface area contributed by atoms with Crippen LogP contribution in [0.5, 0.6) is 0 Å². The van der Waals surface area contributed by atoms with Crippen molar-refractivity contribution in [1.82, 2.24) is 0 Å². The van der Waals surface area contributed by atoms with Crippen molar-refractivity contribution in [2.75, 3.05) is 15.7 Å². The van der Waals surface area contributed by atoms with E-state index in [1.54, 1.807) is 6.92 Å². The molecule has 8 heteroatoms. The molecule has 1 atom stereocenters. The number of amides is 1. The maximum absolute atomic E-state index is 13.5. The van der Waals surface area contributed by atoms with Gasteiger partial charge in [-0.2, -0.15) is 0 Å². The van der Waals surface area contributed by atoms with Crippen LogP contribution in [0.25, 0.3) is 0 Å². The number of fused-ring (bicyclic) bond motifs is 1. The van der Waals surface area contributed by atoms with Gasteiger partial charge in [-0.15, -0.1) is 0 Å². The molecule has 0 saturated heterocycles. The van der Waals surface area contributed by atoms with E-state index in [0.29, 0.717) is 22.3 Å². The first-order valence-corrected chi connectivity index (χ1v) is 10.8. The largest absolute Gasteiger partial charge is 0.308 e. The molecule has 1 aliphatic heterocycles. The molecule has 0 fully saturated rings. The average molecular weight is 455 g/mol. The number of halogens is 2. The Hall–Kier alpha value is -1.93. The first-order chi connectivity index (χ1) is 12.7. The Labute approximate surface area is 167 Å². The Morgan fingerprint density at radius 2 is 1.93 bits per heavy atom. The molecule has 0 aliphatic carbocycles. The Balaban J connectivity index is 2.20. The summed E-state index contributed by atoms with van der Waals surface area (Å²) in [6.45, 7) is 5.21. The lowest BCUT2D eigenvalue weighted by Crippen LogP contribution is -2.36. The lowest BCUT2D eigenvalue weighted by atomic mass is 10.1. The SMILES string of the molecule is CCN(c1ccc(F)cc1)S(=O)(=O)c1cc(Br)cc2c1N(C(C)=O)[C@@H](C)C2. The summed E-state index contributed by atoms with van der Waals surface area (Å²) >= 11 is 3.39. The van der Waals surface area contributed by atoms with Crippen LogP contribution in [0.3, 0.4) is 0 Å². The maximum Gasteiger partial charge on any atom is 0.266 e. The number of hydrogen-bond donors (Lipinski definition) is 0. The molecule has 0 radical (unpaired) electrons. The summed E-state index contributed by atoms with van der Waals surface area (Å²) in [5, 5.41) is 0. The van der Waals surface area contributed by atoms with Gasteiger partial charge in [0.2, 0.25) is 5.91 Å². The smallest absolute Gasteiger partial charge is 0.266 e.